The average molecular weight is 261 g/mol. The molecule has 0 bridgehead atoms. The Hall–Kier alpha value is -1.90. The topological polar surface area (TPSA) is 54.0 Å². The lowest BCUT2D eigenvalue weighted by molar-refractivity contribution is 1.18. The zero-order valence-electron chi connectivity index (χ0n) is 8.46. The van der Waals surface area contributed by atoms with Crippen molar-refractivity contribution in [1.29, 1.82) is 5.26 Å². The van der Waals surface area contributed by atoms with E-state index in [0.717, 1.165) is 11.3 Å². The van der Waals surface area contributed by atoms with Crippen LogP contribution in [0.15, 0.2) is 29.9 Å². The molecule has 0 saturated heterocycles. The van der Waals surface area contributed by atoms with E-state index in [2.05, 4.69) is 16.0 Å². The smallest absolute Gasteiger partial charge is 0.196 e. The average Bonchev–Trinajstić information content (AvgIpc) is 2.88. The fraction of sp³-hybridized carbons (Fsp3) is 0. The number of nitriles is 1. The monoisotopic (exact) mass is 260 g/mol. The second-order valence-electron chi connectivity index (χ2n) is 3.34. The van der Waals surface area contributed by atoms with E-state index in [0.29, 0.717) is 10.7 Å². The molecule has 3 rings (SSSR count). The first-order valence-electron chi connectivity index (χ1n) is 4.77. The van der Waals surface area contributed by atoms with Gasteiger partial charge in [0, 0.05) is 23.3 Å². The van der Waals surface area contributed by atoms with Crippen LogP contribution in [0.3, 0.4) is 0 Å². The molecule has 0 aliphatic rings. The summed E-state index contributed by atoms with van der Waals surface area (Å²) in [6.07, 6.45) is 3.45. The van der Waals surface area contributed by atoms with Crippen molar-refractivity contribution in [3.63, 3.8) is 0 Å². The van der Waals surface area contributed by atoms with E-state index in [1.807, 2.05) is 17.5 Å². The number of fused-ring (bicyclic) bond motifs is 1. The van der Waals surface area contributed by atoms with Crippen LogP contribution < -0.4 is 0 Å². The molecule has 0 aliphatic carbocycles. The summed E-state index contributed by atoms with van der Waals surface area (Å²) in [5.41, 5.74) is 2.18. The highest BCUT2D eigenvalue weighted by atomic mass is 35.5. The lowest BCUT2D eigenvalue weighted by Gasteiger charge is -1.98. The van der Waals surface area contributed by atoms with Crippen molar-refractivity contribution in [3.05, 3.63) is 40.8 Å². The van der Waals surface area contributed by atoms with Crippen molar-refractivity contribution in [2.24, 2.45) is 0 Å². The summed E-state index contributed by atoms with van der Waals surface area (Å²) >= 11 is 7.35. The van der Waals surface area contributed by atoms with Gasteiger partial charge in [0.05, 0.1) is 5.69 Å². The molecular formula is C11H5ClN4S. The van der Waals surface area contributed by atoms with Crippen molar-refractivity contribution in [2.45, 2.75) is 0 Å². The van der Waals surface area contributed by atoms with E-state index >= 15 is 0 Å². The molecule has 0 atom stereocenters. The first-order valence-corrected chi connectivity index (χ1v) is 6.03. The number of aromatic nitrogens is 3. The van der Waals surface area contributed by atoms with Crippen LogP contribution in [0.25, 0.3) is 16.2 Å². The van der Waals surface area contributed by atoms with Crippen molar-refractivity contribution in [3.8, 4) is 17.3 Å². The Morgan fingerprint density at radius 2 is 2.35 bits per heavy atom. The molecule has 3 aromatic heterocycles. The van der Waals surface area contributed by atoms with Gasteiger partial charge in [-0.1, -0.05) is 11.6 Å². The Morgan fingerprint density at radius 1 is 1.47 bits per heavy atom. The highest BCUT2D eigenvalue weighted by molar-refractivity contribution is 7.15. The third kappa shape index (κ3) is 1.50. The molecule has 0 radical (unpaired) electrons. The number of nitrogens with zero attached hydrogens (tertiary/aromatic N) is 4. The molecule has 0 aromatic carbocycles. The molecule has 0 aliphatic heterocycles. The maximum absolute atomic E-state index is 9.09. The summed E-state index contributed by atoms with van der Waals surface area (Å²) in [7, 11) is 0. The van der Waals surface area contributed by atoms with Gasteiger partial charge >= 0.3 is 0 Å². The Bertz CT molecular complexity index is 723. The van der Waals surface area contributed by atoms with Gasteiger partial charge in [-0.15, -0.1) is 11.3 Å². The molecule has 4 nitrogen and oxygen atoms in total. The van der Waals surface area contributed by atoms with E-state index in [1.165, 1.54) is 11.3 Å². The maximum atomic E-state index is 9.09. The predicted octanol–water partition coefficient (Wildman–Crippen LogP) is 2.98. The fourth-order valence-electron chi connectivity index (χ4n) is 1.65. The molecule has 3 aromatic rings. The number of thiazole rings is 1. The van der Waals surface area contributed by atoms with Crippen LogP contribution >= 0.6 is 22.9 Å². The number of pyridine rings is 1. The minimum Gasteiger partial charge on any atom is -0.273 e. The SMILES string of the molecule is N#Cc1c(Cl)nc2scc(-c3cccnc3)n12. The zero-order chi connectivity index (χ0) is 11.8. The summed E-state index contributed by atoms with van der Waals surface area (Å²) < 4.78 is 1.75. The summed E-state index contributed by atoms with van der Waals surface area (Å²) in [5, 5.41) is 11.3. The zero-order valence-corrected chi connectivity index (χ0v) is 10.0. The molecule has 0 saturated carbocycles. The van der Waals surface area contributed by atoms with Gasteiger partial charge < -0.3 is 0 Å². The highest BCUT2D eigenvalue weighted by Gasteiger charge is 2.15. The molecule has 0 fully saturated rings. The van der Waals surface area contributed by atoms with Gasteiger partial charge in [0.25, 0.3) is 0 Å². The first kappa shape index (κ1) is 10.3. The van der Waals surface area contributed by atoms with Gasteiger partial charge in [0.15, 0.2) is 15.8 Å². The minimum atomic E-state index is 0.240. The summed E-state index contributed by atoms with van der Waals surface area (Å²) in [6, 6.07) is 5.85. The molecular weight excluding hydrogens is 256 g/mol. The number of halogens is 1. The number of hydrogen-bond acceptors (Lipinski definition) is 4. The van der Waals surface area contributed by atoms with Gasteiger partial charge in [-0.25, -0.2) is 4.98 Å². The third-order valence-electron chi connectivity index (χ3n) is 2.38. The first-order chi connectivity index (χ1) is 8.31. The maximum Gasteiger partial charge on any atom is 0.196 e. The molecule has 3 heterocycles. The second kappa shape index (κ2) is 3.84. The van der Waals surface area contributed by atoms with Crippen molar-refractivity contribution >= 4 is 27.9 Å². The van der Waals surface area contributed by atoms with Crippen LogP contribution in [0.4, 0.5) is 0 Å². The van der Waals surface area contributed by atoms with Crippen LogP contribution in [0.5, 0.6) is 0 Å². The Balaban J connectivity index is 2.35. The Morgan fingerprint density at radius 3 is 3.06 bits per heavy atom. The fourth-order valence-corrected chi connectivity index (χ4v) is 2.80. The standard InChI is InChI=1S/C11H5ClN4S/c12-10-8(4-13)16-9(6-17-11(16)15-10)7-2-1-3-14-5-7/h1-3,5-6H. The largest absolute Gasteiger partial charge is 0.273 e. The second-order valence-corrected chi connectivity index (χ2v) is 4.54. The van der Waals surface area contributed by atoms with E-state index in [9.17, 15) is 0 Å². The third-order valence-corrected chi connectivity index (χ3v) is 3.47. The minimum absolute atomic E-state index is 0.240. The summed E-state index contributed by atoms with van der Waals surface area (Å²) in [6.45, 7) is 0. The van der Waals surface area contributed by atoms with E-state index < -0.39 is 0 Å². The van der Waals surface area contributed by atoms with Gasteiger partial charge in [-0.3, -0.25) is 9.38 Å². The van der Waals surface area contributed by atoms with Crippen molar-refractivity contribution in [2.75, 3.05) is 0 Å². The number of imidazole rings is 1. The summed E-state index contributed by atoms with van der Waals surface area (Å²) in [5.74, 6) is 0. The molecule has 0 unspecified atom stereocenters. The van der Waals surface area contributed by atoms with Gasteiger partial charge in [-0.05, 0) is 12.1 Å². The normalized spacial score (nSPS) is 10.6. The Labute approximate surface area is 106 Å². The highest BCUT2D eigenvalue weighted by Crippen LogP contribution is 2.29. The van der Waals surface area contributed by atoms with Crippen LogP contribution in [0, 0.1) is 11.3 Å². The molecule has 82 valence electrons. The quantitative estimate of drug-likeness (QED) is 0.676. The molecule has 0 amide bonds. The molecule has 17 heavy (non-hydrogen) atoms. The lowest BCUT2D eigenvalue weighted by atomic mass is 10.2. The van der Waals surface area contributed by atoms with Gasteiger partial charge in [-0.2, -0.15) is 5.26 Å². The van der Waals surface area contributed by atoms with Crippen LogP contribution in [0.2, 0.25) is 5.15 Å². The van der Waals surface area contributed by atoms with E-state index in [-0.39, 0.29) is 5.15 Å². The van der Waals surface area contributed by atoms with Crippen molar-refractivity contribution in [1.82, 2.24) is 14.4 Å². The molecule has 0 spiro atoms. The molecule has 6 heteroatoms. The van der Waals surface area contributed by atoms with E-state index in [4.69, 9.17) is 16.9 Å². The van der Waals surface area contributed by atoms with Crippen LogP contribution in [-0.4, -0.2) is 14.4 Å². The van der Waals surface area contributed by atoms with Gasteiger partial charge in [0.2, 0.25) is 0 Å². The van der Waals surface area contributed by atoms with E-state index in [1.54, 1.807) is 16.8 Å². The van der Waals surface area contributed by atoms with Crippen molar-refractivity contribution < 1.29 is 0 Å². The summed E-state index contributed by atoms with van der Waals surface area (Å²) in [4.78, 5) is 8.91. The van der Waals surface area contributed by atoms with Crippen LogP contribution in [-0.2, 0) is 0 Å². The molecule has 0 N–H and O–H groups in total. The van der Waals surface area contributed by atoms with Crippen LogP contribution in [0.1, 0.15) is 5.69 Å². The number of rotatable bonds is 1. The predicted molar refractivity (Wildman–Crippen MR) is 66.0 cm³/mol. The van der Waals surface area contributed by atoms with Gasteiger partial charge in [0.1, 0.15) is 6.07 Å². The Kier molecular flexibility index (Phi) is 2.32. The lowest BCUT2D eigenvalue weighted by Crippen LogP contribution is -1.89. The number of hydrogen-bond donors (Lipinski definition) is 0.